The fourth-order valence-corrected chi connectivity index (χ4v) is 2.63. The van der Waals surface area contributed by atoms with Crippen LogP contribution in [0.1, 0.15) is 11.7 Å². The Kier molecular flexibility index (Phi) is 2.86. The minimum absolute atomic E-state index is 0.114. The maximum absolute atomic E-state index is 11.9. The summed E-state index contributed by atoms with van der Waals surface area (Å²) in [6.07, 6.45) is 0. The van der Waals surface area contributed by atoms with E-state index in [9.17, 15) is 14.9 Å². The van der Waals surface area contributed by atoms with E-state index in [0.29, 0.717) is 10.9 Å². The summed E-state index contributed by atoms with van der Waals surface area (Å²) in [4.78, 5) is 22.6. The Morgan fingerprint density at radius 3 is 2.52 bits per heavy atom. The summed E-state index contributed by atoms with van der Waals surface area (Å²) in [5.74, 6) is -0.0186. The molecule has 2 aromatic carbocycles. The highest BCUT2D eigenvalue weighted by Crippen LogP contribution is 2.37. The third kappa shape index (κ3) is 1.84. The van der Waals surface area contributed by atoms with Crippen molar-refractivity contribution in [1.29, 1.82) is 0 Å². The van der Waals surface area contributed by atoms with Crippen LogP contribution in [0.15, 0.2) is 36.4 Å². The Hall–Kier alpha value is -2.89. The first-order valence-corrected chi connectivity index (χ1v) is 6.31. The number of carbonyl (C=O) groups is 1. The molecule has 0 saturated heterocycles. The van der Waals surface area contributed by atoms with Crippen molar-refractivity contribution >= 4 is 33.4 Å². The molecular weight excluding hydrogens is 272 g/mol. The van der Waals surface area contributed by atoms with E-state index in [1.165, 1.54) is 30.7 Å². The lowest BCUT2D eigenvalue weighted by atomic mass is 10.1. The van der Waals surface area contributed by atoms with Crippen LogP contribution >= 0.6 is 0 Å². The van der Waals surface area contributed by atoms with Crippen molar-refractivity contribution in [2.75, 3.05) is 7.11 Å². The standard InChI is InChI=1S/C15H12N2O4/c1-9(18)16-12-6-4-3-5-10(12)11-7-14(17(19)20)15(21-2)8-13(11)16/h3-8H,1-2H3. The molecule has 1 aromatic heterocycles. The molecule has 0 aliphatic rings. The van der Waals surface area contributed by atoms with Crippen LogP contribution in [-0.2, 0) is 0 Å². The van der Waals surface area contributed by atoms with Crippen LogP contribution in [0.3, 0.4) is 0 Å². The predicted octanol–water partition coefficient (Wildman–Crippen LogP) is 3.37. The highest BCUT2D eigenvalue weighted by atomic mass is 16.6. The number of aromatic nitrogens is 1. The van der Waals surface area contributed by atoms with E-state index >= 15 is 0 Å². The molecule has 0 spiro atoms. The van der Waals surface area contributed by atoms with E-state index in [1.807, 2.05) is 24.3 Å². The Labute approximate surface area is 119 Å². The number of ether oxygens (including phenoxy) is 1. The monoisotopic (exact) mass is 284 g/mol. The number of carbonyl (C=O) groups excluding carboxylic acids is 1. The molecule has 1 heterocycles. The largest absolute Gasteiger partial charge is 0.490 e. The second-order valence-electron chi connectivity index (χ2n) is 4.67. The van der Waals surface area contributed by atoms with Crippen molar-refractivity contribution in [3.05, 3.63) is 46.5 Å². The molecule has 0 bridgehead atoms. The number of para-hydroxylation sites is 1. The number of benzene rings is 2. The summed E-state index contributed by atoms with van der Waals surface area (Å²) in [6, 6.07) is 10.3. The van der Waals surface area contributed by atoms with Crippen molar-refractivity contribution in [1.82, 2.24) is 4.57 Å². The third-order valence-electron chi connectivity index (χ3n) is 3.48. The van der Waals surface area contributed by atoms with Crippen LogP contribution < -0.4 is 4.74 Å². The van der Waals surface area contributed by atoms with Crippen LogP contribution in [0.2, 0.25) is 0 Å². The first-order chi connectivity index (χ1) is 10.0. The van der Waals surface area contributed by atoms with E-state index in [2.05, 4.69) is 0 Å². The zero-order valence-electron chi connectivity index (χ0n) is 11.5. The molecular formula is C15H12N2O4. The van der Waals surface area contributed by atoms with Gasteiger partial charge in [-0.15, -0.1) is 0 Å². The summed E-state index contributed by atoms with van der Waals surface area (Å²) in [5, 5.41) is 12.6. The van der Waals surface area contributed by atoms with E-state index < -0.39 is 4.92 Å². The molecule has 0 radical (unpaired) electrons. The summed E-state index contributed by atoms with van der Waals surface area (Å²) in [5.41, 5.74) is 1.21. The average Bonchev–Trinajstić information content (AvgIpc) is 2.79. The number of fused-ring (bicyclic) bond motifs is 3. The van der Waals surface area contributed by atoms with Gasteiger partial charge in [0.1, 0.15) is 0 Å². The maximum Gasteiger partial charge on any atom is 0.311 e. The number of rotatable bonds is 2. The maximum atomic E-state index is 11.9. The predicted molar refractivity (Wildman–Crippen MR) is 79.0 cm³/mol. The van der Waals surface area contributed by atoms with Crippen molar-refractivity contribution < 1.29 is 14.5 Å². The van der Waals surface area contributed by atoms with Gasteiger partial charge in [0.2, 0.25) is 5.91 Å². The summed E-state index contributed by atoms with van der Waals surface area (Å²) >= 11 is 0. The van der Waals surface area contributed by atoms with E-state index in [0.717, 1.165) is 10.9 Å². The van der Waals surface area contributed by atoms with Gasteiger partial charge in [-0.1, -0.05) is 18.2 Å². The van der Waals surface area contributed by atoms with Gasteiger partial charge in [-0.2, -0.15) is 0 Å². The quantitative estimate of drug-likeness (QED) is 0.534. The summed E-state index contributed by atoms with van der Waals surface area (Å²) < 4.78 is 6.62. The molecule has 0 amide bonds. The van der Waals surface area contributed by atoms with Gasteiger partial charge < -0.3 is 4.74 Å². The lowest BCUT2D eigenvalue weighted by Gasteiger charge is -2.04. The average molecular weight is 284 g/mol. The Balaban J connectivity index is 2.55. The van der Waals surface area contributed by atoms with Crippen LogP contribution in [0.5, 0.6) is 5.75 Å². The zero-order chi connectivity index (χ0) is 15.1. The SMILES string of the molecule is COc1cc2c(cc1[N+](=O)[O-])c1ccccc1n2C(C)=O. The number of nitrogens with zero attached hydrogens (tertiary/aromatic N) is 2. The molecule has 0 N–H and O–H groups in total. The van der Waals surface area contributed by atoms with Gasteiger partial charge in [0, 0.05) is 29.8 Å². The van der Waals surface area contributed by atoms with E-state index in [1.54, 1.807) is 0 Å². The molecule has 3 aromatic rings. The minimum atomic E-state index is -0.488. The Morgan fingerprint density at radius 1 is 1.19 bits per heavy atom. The lowest BCUT2D eigenvalue weighted by molar-refractivity contribution is -0.385. The molecule has 0 saturated carbocycles. The fourth-order valence-electron chi connectivity index (χ4n) is 2.63. The van der Waals surface area contributed by atoms with Crippen molar-refractivity contribution in [3.63, 3.8) is 0 Å². The smallest absolute Gasteiger partial charge is 0.311 e. The fraction of sp³-hybridized carbons (Fsp3) is 0.133. The zero-order valence-corrected chi connectivity index (χ0v) is 11.5. The van der Waals surface area contributed by atoms with Crippen LogP contribution in [-0.4, -0.2) is 22.5 Å². The third-order valence-corrected chi connectivity index (χ3v) is 3.48. The van der Waals surface area contributed by atoms with Crippen LogP contribution in [0.4, 0.5) is 5.69 Å². The van der Waals surface area contributed by atoms with Gasteiger partial charge in [0.15, 0.2) is 5.75 Å². The molecule has 0 aliphatic carbocycles. The van der Waals surface area contributed by atoms with Crippen LogP contribution in [0, 0.1) is 10.1 Å². The normalized spacial score (nSPS) is 11.0. The Bertz CT molecular complexity index is 895. The number of nitro groups is 1. The number of methoxy groups -OCH3 is 1. The molecule has 0 atom stereocenters. The van der Waals surface area contributed by atoms with Gasteiger partial charge in [0.25, 0.3) is 0 Å². The molecule has 6 heteroatoms. The van der Waals surface area contributed by atoms with Crippen LogP contribution in [0.25, 0.3) is 21.8 Å². The molecule has 21 heavy (non-hydrogen) atoms. The number of hydrogen-bond donors (Lipinski definition) is 0. The lowest BCUT2D eigenvalue weighted by Crippen LogP contribution is -2.04. The first-order valence-electron chi connectivity index (χ1n) is 6.31. The molecule has 6 nitrogen and oxygen atoms in total. The second kappa shape index (κ2) is 4.59. The number of hydrogen-bond acceptors (Lipinski definition) is 4. The highest BCUT2D eigenvalue weighted by molar-refractivity contribution is 6.14. The molecule has 0 unspecified atom stereocenters. The summed E-state index contributed by atoms with van der Waals surface area (Å²) in [7, 11) is 1.37. The van der Waals surface area contributed by atoms with Crippen molar-refractivity contribution in [2.45, 2.75) is 6.92 Å². The molecule has 0 aliphatic heterocycles. The summed E-state index contributed by atoms with van der Waals surface area (Å²) in [6.45, 7) is 1.46. The molecule has 106 valence electrons. The topological polar surface area (TPSA) is 74.4 Å². The molecule has 0 fully saturated rings. The molecule has 3 rings (SSSR count). The first kappa shape index (κ1) is 13.1. The van der Waals surface area contributed by atoms with Gasteiger partial charge in [-0.3, -0.25) is 19.5 Å². The minimum Gasteiger partial charge on any atom is -0.490 e. The van der Waals surface area contributed by atoms with Crippen molar-refractivity contribution in [2.24, 2.45) is 0 Å². The van der Waals surface area contributed by atoms with Gasteiger partial charge in [0.05, 0.1) is 23.1 Å². The Morgan fingerprint density at radius 2 is 1.90 bits per heavy atom. The van der Waals surface area contributed by atoms with Gasteiger partial charge >= 0.3 is 5.69 Å². The highest BCUT2D eigenvalue weighted by Gasteiger charge is 2.21. The van der Waals surface area contributed by atoms with Crippen molar-refractivity contribution in [3.8, 4) is 5.75 Å². The second-order valence-corrected chi connectivity index (χ2v) is 4.67. The van der Waals surface area contributed by atoms with E-state index in [-0.39, 0.29) is 17.3 Å². The van der Waals surface area contributed by atoms with E-state index in [4.69, 9.17) is 4.74 Å². The van der Waals surface area contributed by atoms with Gasteiger partial charge in [-0.05, 0) is 6.07 Å². The van der Waals surface area contributed by atoms with Gasteiger partial charge in [-0.25, -0.2) is 0 Å². The number of nitro benzene ring substituents is 1.